The molecular formula is C15H15F2NO. The predicted molar refractivity (Wildman–Crippen MR) is 71.2 cm³/mol. The first-order valence-electron chi connectivity index (χ1n) is 5.98. The largest absolute Gasteiger partial charge is 0.508 e. The normalized spacial score (nSPS) is 12.2. The summed E-state index contributed by atoms with van der Waals surface area (Å²) >= 11 is 0. The minimum Gasteiger partial charge on any atom is -0.508 e. The van der Waals surface area contributed by atoms with Crippen molar-refractivity contribution in [1.29, 1.82) is 0 Å². The summed E-state index contributed by atoms with van der Waals surface area (Å²) < 4.78 is 27.1. The molecule has 2 N–H and O–H groups in total. The van der Waals surface area contributed by atoms with Gasteiger partial charge in [0.25, 0.3) is 0 Å². The smallest absolute Gasteiger partial charge is 0.132 e. The van der Waals surface area contributed by atoms with Crippen molar-refractivity contribution in [3.8, 4) is 5.75 Å². The van der Waals surface area contributed by atoms with E-state index in [-0.39, 0.29) is 17.6 Å². The standard InChI is InChI=1S/C15H15F2NO/c1-9-3-4-11(7-14(9)16)18-10(2)13-6-5-12(19)8-15(13)17/h3-8,10,18-19H,1-2H3. The summed E-state index contributed by atoms with van der Waals surface area (Å²) in [7, 11) is 0. The van der Waals surface area contributed by atoms with E-state index in [1.54, 1.807) is 26.0 Å². The van der Waals surface area contributed by atoms with Gasteiger partial charge >= 0.3 is 0 Å². The Bertz CT molecular complexity index is 599. The van der Waals surface area contributed by atoms with E-state index in [1.807, 2.05) is 0 Å². The second kappa shape index (κ2) is 5.26. The Balaban J connectivity index is 2.20. The number of rotatable bonds is 3. The van der Waals surface area contributed by atoms with Gasteiger partial charge in [-0.25, -0.2) is 8.78 Å². The first kappa shape index (κ1) is 13.3. The van der Waals surface area contributed by atoms with Crippen LogP contribution in [0.2, 0.25) is 0 Å². The van der Waals surface area contributed by atoms with Gasteiger partial charge in [-0.3, -0.25) is 0 Å². The molecule has 0 amide bonds. The molecule has 1 atom stereocenters. The number of anilines is 1. The zero-order chi connectivity index (χ0) is 14.0. The third kappa shape index (κ3) is 3.02. The number of phenolic OH excluding ortho intramolecular Hbond substituents is 1. The second-order valence-corrected chi connectivity index (χ2v) is 4.54. The SMILES string of the molecule is Cc1ccc(NC(C)c2ccc(O)cc2F)cc1F. The summed E-state index contributed by atoms with van der Waals surface area (Å²) in [5, 5.41) is 12.2. The monoisotopic (exact) mass is 263 g/mol. The van der Waals surface area contributed by atoms with E-state index in [1.165, 1.54) is 18.2 Å². The fraction of sp³-hybridized carbons (Fsp3) is 0.200. The summed E-state index contributed by atoms with van der Waals surface area (Å²) in [6.45, 7) is 3.45. The highest BCUT2D eigenvalue weighted by Crippen LogP contribution is 2.25. The molecule has 19 heavy (non-hydrogen) atoms. The van der Waals surface area contributed by atoms with Crippen LogP contribution in [0.3, 0.4) is 0 Å². The molecule has 0 spiro atoms. The number of hydrogen-bond acceptors (Lipinski definition) is 2. The minimum absolute atomic E-state index is 0.116. The molecule has 0 aliphatic heterocycles. The lowest BCUT2D eigenvalue weighted by atomic mass is 10.1. The average Bonchev–Trinajstić information content (AvgIpc) is 2.33. The Labute approximate surface area is 110 Å². The summed E-state index contributed by atoms with van der Waals surface area (Å²) in [6, 6.07) is 8.44. The van der Waals surface area contributed by atoms with Crippen molar-refractivity contribution in [2.45, 2.75) is 19.9 Å². The number of aryl methyl sites for hydroxylation is 1. The molecule has 2 nitrogen and oxygen atoms in total. The van der Waals surface area contributed by atoms with Gasteiger partial charge in [0.1, 0.15) is 17.4 Å². The molecule has 1 unspecified atom stereocenters. The number of phenols is 1. The lowest BCUT2D eigenvalue weighted by Gasteiger charge is -2.17. The van der Waals surface area contributed by atoms with Gasteiger partial charge in [0.05, 0.1) is 6.04 Å². The van der Waals surface area contributed by atoms with Crippen LogP contribution in [0.15, 0.2) is 36.4 Å². The van der Waals surface area contributed by atoms with Crippen LogP contribution in [0.1, 0.15) is 24.1 Å². The highest BCUT2D eigenvalue weighted by molar-refractivity contribution is 5.47. The van der Waals surface area contributed by atoms with Crippen LogP contribution in [0.5, 0.6) is 5.75 Å². The molecule has 4 heteroatoms. The molecule has 2 aromatic rings. The van der Waals surface area contributed by atoms with Crippen LogP contribution in [0, 0.1) is 18.6 Å². The Hall–Kier alpha value is -2.10. The highest BCUT2D eigenvalue weighted by atomic mass is 19.1. The van der Waals surface area contributed by atoms with E-state index in [0.717, 1.165) is 6.07 Å². The number of hydrogen-bond donors (Lipinski definition) is 2. The van der Waals surface area contributed by atoms with E-state index < -0.39 is 5.82 Å². The lowest BCUT2D eigenvalue weighted by Crippen LogP contribution is -2.08. The Kier molecular flexibility index (Phi) is 3.69. The molecule has 0 aromatic heterocycles. The van der Waals surface area contributed by atoms with Gasteiger partial charge in [-0.05, 0) is 37.6 Å². The summed E-state index contributed by atoms with van der Waals surface area (Å²) in [5.74, 6) is -0.911. The van der Waals surface area contributed by atoms with Gasteiger partial charge in [0.2, 0.25) is 0 Å². The zero-order valence-electron chi connectivity index (χ0n) is 10.7. The fourth-order valence-corrected chi connectivity index (χ4v) is 1.88. The highest BCUT2D eigenvalue weighted by Gasteiger charge is 2.12. The van der Waals surface area contributed by atoms with Crippen LogP contribution >= 0.6 is 0 Å². The van der Waals surface area contributed by atoms with E-state index in [0.29, 0.717) is 16.8 Å². The molecule has 0 saturated heterocycles. The van der Waals surface area contributed by atoms with Gasteiger partial charge < -0.3 is 10.4 Å². The van der Waals surface area contributed by atoms with Crippen LogP contribution in [0.4, 0.5) is 14.5 Å². The molecule has 0 saturated carbocycles. The van der Waals surface area contributed by atoms with Crippen molar-refractivity contribution in [3.05, 3.63) is 59.2 Å². The molecule has 2 rings (SSSR count). The summed E-state index contributed by atoms with van der Waals surface area (Å²) in [4.78, 5) is 0. The second-order valence-electron chi connectivity index (χ2n) is 4.54. The van der Waals surface area contributed by atoms with Gasteiger partial charge in [-0.1, -0.05) is 12.1 Å². The van der Waals surface area contributed by atoms with Crippen molar-refractivity contribution in [2.75, 3.05) is 5.32 Å². The van der Waals surface area contributed by atoms with E-state index in [2.05, 4.69) is 5.32 Å². The van der Waals surface area contributed by atoms with Crippen LogP contribution in [0.25, 0.3) is 0 Å². The Morgan fingerprint density at radius 1 is 1.05 bits per heavy atom. The minimum atomic E-state index is -0.493. The van der Waals surface area contributed by atoms with Crippen molar-refractivity contribution >= 4 is 5.69 Å². The van der Waals surface area contributed by atoms with E-state index in [4.69, 9.17) is 5.11 Å². The molecule has 100 valence electrons. The first-order valence-corrected chi connectivity index (χ1v) is 5.98. The van der Waals surface area contributed by atoms with Crippen molar-refractivity contribution in [3.63, 3.8) is 0 Å². The van der Waals surface area contributed by atoms with Gasteiger partial charge in [0.15, 0.2) is 0 Å². The maximum Gasteiger partial charge on any atom is 0.132 e. The van der Waals surface area contributed by atoms with Crippen LogP contribution in [-0.4, -0.2) is 5.11 Å². The number of halogens is 2. The van der Waals surface area contributed by atoms with Gasteiger partial charge in [0, 0.05) is 17.3 Å². The zero-order valence-corrected chi connectivity index (χ0v) is 10.7. The van der Waals surface area contributed by atoms with Crippen molar-refractivity contribution in [1.82, 2.24) is 0 Å². The molecule has 0 heterocycles. The molecule has 0 aliphatic rings. The molecule has 0 fully saturated rings. The summed E-state index contributed by atoms with van der Waals surface area (Å²) in [6.07, 6.45) is 0. The third-order valence-electron chi connectivity index (χ3n) is 3.01. The molecule has 0 aliphatic carbocycles. The molecule has 2 aromatic carbocycles. The van der Waals surface area contributed by atoms with Gasteiger partial charge in [-0.2, -0.15) is 0 Å². The topological polar surface area (TPSA) is 32.3 Å². The number of aromatic hydroxyl groups is 1. The summed E-state index contributed by atoms with van der Waals surface area (Å²) in [5.41, 5.74) is 1.57. The average molecular weight is 263 g/mol. The maximum absolute atomic E-state index is 13.7. The molecular weight excluding hydrogens is 248 g/mol. The van der Waals surface area contributed by atoms with Crippen molar-refractivity contribution < 1.29 is 13.9 Å². The van der Waals surface area contributed by atoms with E-state index >= 15 is 0 Å². The quantitative estimate of drug-likeness (QED) is 0.871. The Morgan fingerprint density at radius 2 is 1.79 bits per heavy atom. The lowest BCUT2D eigenvalue weighted by molar-refractivity contribution is 0.467. The molecule has 0 bridgehead atoms. The fourth-order valence-electron chi connectivity index (χ4n) is 1.88. The number of benzene rings is 2. The van der Waals surface area contributed by atoms with E-state index in [9.17, 15) is 8.78 Å². The first-order chi connectivity index (χ1) is 8.97. The van der Waals surface area contributed by atoms with Crippen LogP contribution in [-0.2, 0) is 0 Å². The third-order valence-corrected chi connectivity index (χ3v) is 3.01. The maximum atomic E-state index is 13.7. The van der Waals surface area contributed by atoms with Crippen molar-refractivity contribution in [2.24, 2.45) is 0 Å². The molecule has 0 radical (unpaired) electrons. The van der Waals surface area contributed by atoms with Gasteiger partial charge in [-0.15, -0.1) is 0 Å². The predicted octanol–water partition coefficient (Wildman–Crippen LogP) is 4.15. The van der Waals surface area contributed by atoms with Crippen LogP contribution < -0.4 is 5.32 Å². The Morgan fingerprint density at radius 3 is 2.42 bits per heavy atom. The number of nitrogens with one attached hydrogen (secondary N) is 1.